The maximum Gasteiger partial charge on any atom is 0.191 e. The highest BCUT2D eigenvalue weighted by molar-refractivity contribution is 14.0. The van der Waals surface area contributed by atoms with Crippen molar-refractivity contribution in [3.63, 3.8) is 0 Å². The number of likely N-dealkylation sites (tertiary alicyclic amines) is 1. The quantitative estimate of drug-likeness (QED) is 0.485. The molecule has 6 nitrogen and oxygen atoms in total. The monoisotopic (exact) mass is 364 g/mol. The summed E-state index contributed by atoms with van der Waals surface area (Å²) in [7, 11) is 1.91. The van der Waals surface area contributed by atoms with E-state index in [1.54, 1.807) is 6.33 Å². The van der Waals surface area contributed by atoms with E-state index in [-0.39, 0.29) is 24.0 Å². The summed E-state index contributed by atoms with van der Waals surface area (Å²) in [6.07, 6.45) is 6.69. The first-order valence-corrected chi connectivity index (χ1v) is 6.15. The highest BCUT2D eigenvalue weighted by Crippen LogP contribution is 2.09. The van der Waals surface area contributed by atoms with Crippen LogP contribution >= 0.6 is 24.0 Å². The Kier molecular flexibility index (Phi) is 6.37. The van der Waals surface area contributed by atoms with E-state index < -0.39 is 0 Å². The molecule has 0 unspecified atom stereocenters. The minimum Gasteiger partial charge on any atom is -0.370 e. The SMILES string of the molecule is Cn1cnnc1CN=C(N)N1CCCCCC1.I. The molecule has 1 saturated heterocycles. The van der Waals surface area contributed by atoms with E-state index in [9.17, 15) is 0 Å². The molecule has 18 heavy (non-hydrogen) atoms. The lowest BCUT2D eigenvalue weighted by Gasteiger charge is -2.20. The number of aryl methyl sites for hydroxylation is 1. The van der Waals surface area contributed by atoms with Crippen molar-refractivity contribution in [2.75, 3.05) is 13.1 Å². The molecule has 7 heteroatoms. The zero-order valence-electron chi connectivity index (χ0n) is 10.7. The highest BCUT2D eigenvalue weighted by atomic mass is 127. The van der Waals surface area contributed by atoms with Crippen molar-refractivity contribution in [2.24, 2.45) is 17.8 Å². The largest absolute Gasteiger partial charge is 0.370 e. The number of hydrogen-bond acceptors (Lipinski definition) is 3. The van der Waals surface area contributed by atoms with Gasteiger partial charge in [0.25, 0.3) is 0 Å². The van der Waals surface area contributed by atoms with Crippen molar-refractivity contribution in [1.29, 1.82) is 0 Å². The van der Waals surface area contributed by atoms with E-state index >= 15 is 0 Å². The molecule has 0 aliphatic carbocycles. The Labute approximate surface area is 125 Å². The highest BCUT2D eigenvalue weighted by Gasteiger charge is 2.11. The average molecular weight is 364 g/mol. The van der Waals surface area contributed by atoms with Gasteiger partial charge in [-0.3, -0.25) is 0 Å². The van der Waals surface area contributed by atoms with Crippen molar-refractivity contribution in [3.8, 4) is 0 Å². The van der Waals surface area contributed by atoms with E-state index in [0.717, 1.165) is 18.9 Å². The van der Waals surface area contributed by atoms with Gasteiger partial charge < -0.3 is 15.2 Å². The Bertz CT molecular complexity index is 381. The van der Waals surface area contributed by atoms with Crippen molar-refractivity contribution >= 4 is 29.9 Å². The lowest BCUT2D eigenvalue weighted by atomic mass is 10.2. The first kappa shape index (κ1) is 15.2. The van der Waals surface area contributed by atoms with Gasteiger partial charge in [0, 0.05) is 20.1 Å². The van der Waals surface area contributed by atoms with E-state index in [4.69, 9.17) is 5.73 Å². The fourth-order valence-electron chi connectivity index (χ4n) is 2.00. The summed E-state index contributed by atoms with van der Waals surface area (Å²) >= 11 is 0. The Morgan fingerprint density at radius 2 is 2.00 bits per heavy atom. The Balaban J connectivity index is 0.00000162. The molecule has 2 rings (SSSR count). The molecule has 1 fully saturated rings. The zero-order chi connectivity index (χ0) is 12.1. The number of aliphatic imine (C=N–C) groups is 1. The van der Waals surface area contributed by atoms with Crippen LogP contribution in [0.15, 0.2) is 11.3 Å². The zero-order valence-corrected chi connectivity index (χ0v) is 13.1. The summed E-state index contributed by atoms with van der Waals surface area (Å²) < 4.78 is 1.86. The lowest BCUT2D eigenvalue weighted by Crippen LogP contribution is -2.38. The van der Waals surface area contributed by atoms with Gasteiger partial charge in [0.1, 0.15) is 12.9 Å². The normalized spacial score (nSPS) is 17.2. The molecule has 0 bridgehead atoms. The van der Waals surface area contributed by atoms with Crippen LogP contribution in [0, 0.1) is 0 Å². The molecular weight excluding hydrogens is 343 g/mol. The molecule has 2 heterocycles. The molecule has 0 aromatic carbocycles. The van der Waals surface area contributed by atoms with E-state index in [0.29, 0.717) is 12.5 Å². The molecule has 1 aliphatic rings. The third-order valence-corrected chi connectivity index (χ3v) is 3.12. The van der Waals surface area contributed by atoms with Crippen LogP contribution in [0.1, 0.15) is 31.5 Å². The molecule has 1 aliphatic heterocycles. The number of nitrogens with two attached hydrogens (primary N) is 1. The van der Waals surface area contributed by atoms with Gasteiger partial charge in [0.2, 0.25) is 0 Å². The average Bonchev–Trinajstić information content (AvgIpc) is 2.58. The van der Waals surface area contributed by atoms with Crippen LogP contribution in [0.3, 0.4) is 0 Å². The van der Waals surface area contributed by atoms with Crippen molar-refractivity contribution < 1.29 is 0 Å². The van der Waals surface area contributed by atoms with Gasteiger partial charge in [-0.2, -0.15) is 0 Å². The summed E-state index contributed by atoms with van der Waals surface area (Å²) in [5.41, 5.74) is 6.00. The van der Waals surface area contributed by atoms with Crippen molar-refractivity contribution in [3.05, 3.63) is 12.2 Å². The Hall–Kier alpha value is -0.860. The van der Waals surface area contributed by atoms with Gasteiger partial charge in [-0.25, -0.2) is 4.99 Å². The van der Waals surface area contributed by atoms with Gasteiger partial charge in [0.05, 0.1) is 0 Å². The van der Waals surface area contributed by atoms with Crippen LogP contribution in [0.5, 0.6) is 0 Å². The minimum absolute atomic E-state index is 0. The number of halogens is 1. The molecular formula is C11H21IN6. The van der Waals surface area contributed by atoms with Crippen LogP contribution in [-0.2, 0) is 13.6 Å². The molecule has 1 aromatic heterocycles. The second-order valence-corrected chi connectivity index (χ2v) is 4.43. The topological polar surface area (TPSA) is 72.3 Å². The molecule has 102 valence electrons. The maximum atomic E-state index is 6.00. The van der Waals surface area contributed by atoms with Gasteiger partial charge in [-0.05, 0) is 12.8 Å². The van der Waals surface area contributed by atoms with Gasteiger partial charge >= 0.3 is 0 Å². The third-order valence-electron chi connectivity index (χ3n) is 3.12. The van der Waals surface area contributed by atoms with E-state index in [1.165, 1.54) is 25.7 Å². The standard InChI is InChI=1S/C11H20N6.HI/c1-16-9-14-15-10(16)8-13-11(12)17-6-4-2-3-5-7-17;/h9H,2-8H2,1H3,(H2,12,13);1H. The van der Waals surface area contributed by atoms with Crippen LogP contribution < -0.4 is 5.73 Å². The van der Waals surface area contributed by atoms with Gasteiger partial charge in [-0.15, -0.1) is 34.2 Å². The molecule has 0 amide bonds. The van der Waals surface area contributed by atoms with Gasteiger partial charge in [-0.1, -0.05) is 12.8 Å². The smallest absolute Gasteiger partial charge is 0.191 e. The van der Waals surface area contributed by atoms with Crippen LogP contribution in [-0.4, -0.2) is 38.7 Å². The Morgan fingerprint density at radius 3 is 2.56 bits per heavy atom. The summed E-state index contributed by atoms with van der Waals surface area (Å²) in [5.74, 6) is 1.47. The third kappa shape index (κ3) is 4.11. The molecule has 0 radical (unpaired) electrons. The van der Waals surface area contributed by atoms with Crippen molar-refractivity contribution in [1.82, 2.24) is 19.7 Å². The first-order chi connectivity index (χ1) is 8.27. The Morgan fingerprint density at radius 1 is 1.33 bits per heavy atom. The number of hydrogen-bond donors (Lipinski definition) is 1. The second-order valence-electron chi connectivity index (χ2n) is 4.43. The molecule has 1 aromatic rings. The summed E-state index contributed by atoms with van der Waals surface area (Å²) in [4.78, 5) is 6.56. The van der Waals surface area contributed by atoms with E-state index in [2.05, 4.69) is 20.1 Å². The summed E-state index contributed by atoms with van der Waals surface area (Å²) in [5, 5.41) is 7.80. The molecule has 0 saturated carbocycles. The summed E-state index contributed by atoms with van der Waals surface area (Å²) in [6, 6.07) is 0. The number of nitrogens with zero attached hydrogens (tertiary/aromatic N) is 5. The summed E-state index contributed by atoms with van der Waals surface area (Å²) in [6.45, 7) is 2.54. The maximum absolute atomic E-state index is 6.00. The fourth-order valence-corrected chi connectivity index (χ4v) is 2.00. The fraction of sp³-hybridized carbons (Fsp3) is 0.727. The van der Waals surface area contributed by atoms with Crippen LogP contribution in [0.25, 0.3) is 0 Å². The molecule has 0 atom stereocenters. The lowest BCUT2D eigenvalue weighted by molar-refractivity contribution is 0.428. The predicted octanol–water partition coefficient (Wildman–Crippen LogP) is 1.12. The predicted molar refractivity (Wildman–Crippen MR) is 81.8 cm³/mol. The van der Waals surface area contributed by atoms with Crippen LogP contribution in [0.4, 0.5) is 0 Å². The minimum atomic E-state index is 0. The molecule has 2 N–H and O–H groups in total. The van der Waals surface area contributed by atoms with Gasteiger partial charge in [0.15, 0.2) is 11.8 Å². The second kappa shape index (κ2) is 7.55. The van der Waals surface area contributed by atoms with E-state index in [1.807, 2.05) is 11.6 Å². The number of guanidine groups is 1. The van der Waals surface area contributed by atoms with Crippen molar-refractivity contribution in [2.45, 2.75) is 32.2 Å². The first-order valence-electron chi connectivity index (χ1n) is 6.15. The number of aromatic nitrogens is 3. The van der Waals surface area contributed by atoms with Crippen LogP contribution in [0.2, 0.25) is 0 Å². The number of rotatable bonds is 2. The molecule has 0 spiro atoms.